The van der Waals surface area contributed by atoms with Crippen molar-refractivity contribution in [3.8, 4) is 44.5 Å². The number of hydrogen-bond acceptors (Lipinski definition) is 0. The van der Waals surface area contributed by atoms with E-state index in [4.69, 9.17) is 0 Å². The van der Waals surface area contributed by atoms with E-state index in [0.29, 0.717) is 0 Å². The predicted octanol–water partition coefficient (Wildman–Crippen LogP) is 13.0. The van der Waals surface area contributed by atoms with Crippen LogP contribution in [0.25, 0.3) is 87.6 Å². The highest BCUT2D eigenvalue weighted by atomic mass is 14.4. The molecule has 9 aromatic rings. The third-order valence-corrected chi connectivity index (χ3v) is 10.7. The van der Waals surface area contributed by atoms with Gasteiger partial charge in [0.2, 0.25) is 0 Å². The molecule has 47 heavy (non-hydrogen) atoms. The zero-order valence-electron chi connectivity index (χ0n) is 26.5. The Morgan fingerprint density at radius 2 is 0.894 bits per heavy atom. The monoisotopic (exact) mass is 596 g/mol. The summed E-state index contributed by atoms with van der Waals surface area (Å²) in [6.07, 6.45) is 0. The normalized spacial score (nSPS) is 13.5. The fourth-order valence-corrected chi connectivity index (χ4v) is 8.63. The first-order valence-electron chi connectivity index (χ1n) is 16.6. The Morgan fingerprint density at radius 3 is 1.68 bits per heavy atom. The van der Waals surface area contributed by atoms with Crippen molar-refractivity contribution in [2.75, 3.05) is 0 Å². The molecule has 0 unspecified atom stereocenters. The van der Waals surface area contributed by atoms with Gasteiger partial charge in [0.1, 0.15) is 0 Å². The van der Waals surface area contributed by atoms with Gasteiger partial charge in [-0.1, -0.05) is 153 Å². The second kappa shape index (κ2) is 9.64. The van der Waals surface area contributed by atoms with Crippen LogP contribution in [-0.2, 0) is 5.41 Å². The Bertz CT molecular complexity index is 2670. The van der Waals surface area contributed by atoms with Crippen LogP contribution in [0.4, 0.5) is 0 Å². The van der Waals surface area contributed by atoms with Crippen molar-refractivity contribution in [3.63, 3.8) is 0 Å². The van der Waals surface area contributed by atoms with Crippen LogP contribution < -0.4 is 0 Å². The van der Waals surface area contributed by atoms with E-state index in [1.54, 1.807) is 0 Å². The van der Waals surface area contributed by atoms with E-state index in [-0.39, 0.29) is 5.41 Å². The van der Waals surface area contributed by atoms with Gasteiger partial charge in [-0.25, -0.2) is 0 Å². The van der Waals surface area contributed by atoms with Crippen LogP contribution in [0.5, 0.6) is 0 Å². The molecule has 0 bridgehead atoms. The minimum absolute atomic E-state index is 0.171. The van der Waals surface area contributed by atoms with Crippen LogP contribution in [0.1, 0.15) is 25.0 Å². The van der Waals surface area contributed by atoms with Gasteiger partial charge in [-0.3, -0.25) is 0 Å². The smallest absolute Gasteiger partial charge is 0.0165 e. The highest BCUT2D eigenvalue weighted by Crippen LogP contribution is 2.52. The second-order valence-corrected chi connectivity index (χ2v) is 13.7. The molecule has 0 heteroatoms. The van der Waals surface area contributed by atoms with E-state index in [0.717, 1.165) is 0 Å². The molecule has 10 rings (SSSR count). The summed E-state index contributed by atoms with van der Waals surface area (Å²) in [7, 11) is 0. The van der Waals surface area contributed by atoms with Crippen LogP contribution in [0.3, 0.4) is 0 Å². The van der Waals surface area contributed by atoms with Gasteiger partial charge >= 0.3 is 0 Å². The van der Waals surface area contributed by atoms with Gasteiger partial charge in [0.05, 0.1) is 0 Å². The topological polar surface area (TPSA) is 0 Å². The Morgan fingerprint density at radius 1 is 0.340 bits per heavy atom. The molecule has 0 nitrogen and oxygen atoms in total. The summed E-state index contributed by atoms with van der Waals surface area (Å²) in [5.41, 5.74) is 12.8. The van der Waals surface area contributed by atoms with Crippen LogP contribution in [-0.4, -0.2) is 0 Å². The molecule has 1 aliphatic rings. The van der Waals surface area contributed by atoms with E-state index < -0.39 is 0 Å². The number of fused-ring (bicyclic) bond motifs is 2. The first kappa shape index (κ1) is 26.5. The summed E-state index contributed by atoms with van der Waals surface area (Å²) in [5.74, 6) is 0. The molecular formula is C47H32. The lowest BCUT2D eigenvalue weighted by Crippen LogP contribution is -2.24. The molecule has 0 aromatic heterocycles. The molecule has 0 atom stereocenters. The highest BCUT2D eigenvalue weighted by Gasteiger charge is 2.35. The van der Waals surface area contributed by atoms with Crippen LogP contribution >= 0.6 is 0 Å². The fraction of sp³-hybridized carbons (Fsp3) is 0.0638. The summed E-state index contributed by atoms with van der Waals surface area (Å²) in [6, 6.07) is 59.0. The molecule has 1 aliphatic carbocycles. The zero-order chi connectivity index (χ0) is 31.3. The minimum atomic E-state index is -0.171. The molecule has 0 heterocycles. The van der Waals surface area contributed by atoms with E-state index in [9.17, 15) is 0 Å². The van der Waals surface area contributed by atoms with Gasteiger partial charge in [0.15, 0.2) is 0 Å². The highest BCUT2D eigenvalue weighted by molar-refractivity contribution is 6.25. The lowest BCUT2D eigenvalue weighted by Gasteiger charge is -2.37. The van der Waals surface area contributed by atoms with Gasteiger partial charge in [-0.05, 0) is 117 Å². The van der Waals surface area contributed by atoms with Crippen LogP contribution in [0, 0.1) is 0 Å². The van der Waals surface area contributed by atoms with Gasteiger partial charge in [-0.2, -0.15) is 0 Å². The Labute approximate surface area is 274 Å². The summed E-state index contributed by atoms with van der Waals surface area (Å²) in [5, 5.41) is 10.6. The Kier molecular flexibility index (Phi) is 5.44. The average molecular weight is 597 g/mol. The molecule has 0 saturated carbocycles. The van der Waals surface area contributed by atoms with E-state index >= 15 is 0 Å². The average Bonchev–Trinajstić information content (AvgIpc) is 3.12. The number of benzene rings is 9. The standard InChI is InChI=1S/C47H32/c1-47(2)42-19-8-15-30-14-7-17-39(44(30)42)41-18-9-16-38(46(41)47)36-27-34(29-10-4-3-5-11-29)26-35(28-36)37-24-22-33-21-20-31-12-6-13-32-23-25-40(37)45(33)43(31)32/h3-28H,1-2H3. The van der Waals surface area contributed by atoms with Gasteiger partial charge < -0.3 is 0 Å². The maximum Gasteiger partial charge on any atom is 0.0165 e. The third-order valence-electron chi connectivity index (χ3n) is 10.7. The lowest BCUT2D eigenvalue weighted by atomic mass is 9.66. The molecule has 0 saturated heterocycles. The largest absolute Gasteiger partial charge is 0.0622 e. The van der Waals surface area contributed by atoms with E-state index in [2.05, 4.69) is 172 Å². The van der Waals surface area contributed by atoms with Crippen LogP contribution in [0.15, 0.2) is 158 Å². The molecule has 0 N–H and O–H groups in total. The third kappa shape index (κ3) is 3.76. The van der Waals surface area contributed by atoms with Crippen molar-refractivity contribution < 1.29 is 0 Å². The minimum Gasteiger partial charge on any atom is -0.0622 e. The molecule has 0 radical (unpaired) electrons. The van der Waals surface area contributed by atoms with Gasteiger partial charge in [0.25, 0.3) is 0 Å². The molecule has 0 amide bonds. The maximum atomic E-state index is 2.44. The number of rotatable bonds is 3. The molecular weight excluding hydrogens is 565 g/mol. The SMILES string of the molecule is CC1(C)c2c(-c3cc(-c4ccccc4)cc(-c4ccc5ccc6cccc7ccc4c5c67)c3)cccc2-c2cccc3cccc1c23. The second-order valence-electron chi connectivity index (χ2n) is 13.7. The Hall–Kier alpha value is -5.72. The van der Waals surface area contributed by atoms with E-state index in [1.807, 2.05) is 0 Å². The predicted molar refractivity (Wildman–Crippen MR) is 202 cm³/mol. The van der Waals surface area contributed by atoms with Gasteiger partial charge in [0, 0.05) is 5.41 Å². The molecule has 220 valence electrons. The first-order chi connectivity index (χ1) is 23.1. The summed E-state index contributed by atoms with van der Waals surface area (Å²) >= 11 is 0. The van der Waals surface area contributed by atoms with Gasteiger partial charge in [-0.15, -0.1) is 0 Å². The lowest BCUT2D eigenvalue weighted by molar-refractivity contribution is 0.647. The van der Waals surface area contributed by atoms with Crippen molar-refractivity contribution in [3.05, 3.63) is 169 Å². The van der Waals surface area contributed by atoms with Crippen molar-refractivity contribution >= 4 is 43.1 Å². The molecule has 0 fully saturated rings. The molecule has 0 spiro atoms. The number of hydrogen-bond donors (Lipinski definition) is 0. The Balaban J connectivity index is 1.27. The summed E-state index contributed by atoms with van der Waals surface area (Å²) in [4.78, 5) is 0. The fourth-order valence-electron chi connectivity index (χ4n) is 8.63. The zero-order valence-corrected chi connectivity index (χ0v) is 26.5. The summed E-state index contributed by atoms with van der Waals surface area (Å²) in [6.45, 7) is 4.81. The van der Waals surface area contributed by atoms with Crippen molar-refractivity contribution in [1.29, 1.82) is 0 Å². The summed E-state index contributed by atoms with van der Waals surface area (Å²) < 4.78 is 0. The molecule has 9 aromatic carbocycles. The molecule has 0 aliphatic heterocycles. The first-order valence-corrected chi connectivity index (χ1v) is 16.6. The van der Waals surface area contributed by atoms with Crippen LogP contribution in [0.2, 0.25) is 0 Å². The van der Waals surface area contributed by atoms with E-state index in [1.165, 1.54) is 98.7 Å². The van der Waals surface area contributed by atoms with Crippen molar-refractivity contribution in [2.24, 2.45) is 0 Å². The quantitative estimate of drug-likeness (QED) is 0.178. The van der Waals surface area contributed by atoms with Crippen molar-refractivity contribution in [1.82, 2.24) is 0 Å². The van der Waals surface area contributed by atoms with Crippen molar-refractivity contribution in [2.45, 2.75) is 19.3 Å². The maximum absolute atomic E-state index is 2.44.